The predicted octanol–water partition coefficient (Wildman–Crippen LogP) is 3.47. The van der Waals surface area contributed by atoms with Crippen LogP contribution in [0.3, 0.4) is 0 Å². The normalized spacial score (nSPS) is 20.8. The first-order chi connectivity index (χ1) is 13.9. The van der Waals surface area contributed by atoms with Crippen LogP contribution in [0.15, 0.2) is 42.5 Å². The zero-order chi connectivity index (χ0) is 21.2. The minimum absolute atomic E-state index is 0.0499. The molecule has 0 bridgehead atoms. The Morgan fingerprint density at radius 3 is 2.41 bits per heavy atom. The second kappa shape index (κ2) is 11.2. The van der Waals surface area contributed by atoms with Crippen LogP contribution in [0.1, 0.15) is 38.7 Å². The van der Waals surface area contributed by atoms with Gasteiger partial charge in [-0.1, -0.05) is 49.4 Å². The van der Waals surface area contributed by atoms with Crippen LogP contribution in [0.25, 0.3) is 0 Å². The van der Waals surface area contributed by atoms with Crippen LogP contribution in [0.5, 0.6) is 0 Å². The Morgan fingerprint density at radius 2 is 1.76 bits per heavy atom. The summed E-state index contributed by atoms with van der Waals surface area (Å²) in [5.41, 5.74) is 0.869. The lowest BCUT2D eigenvalue weighted by Crippen LogP contribution is -2.54. The molecule has 1 aliphatic rings. The molecule has 1 aromatic carbocycles. The van der Waals surface area contributed by atoms with Crippen molar-refractivity contribution in [1.82, 2.24) is 4.90 Å². The van der Waals surface area contributed by atoms with E-state index in [0.717, 1.165) is 12.0 Å². The van der Waals surface area contributed by atoms with Gasteiger partial charge < -0.3 is 14.2 Å². The van der Waals surface area contributed by atoms with Gasteiger partial charge in [-0.2, -0.15) is 0 Å². The number of hydrogen-bond acceptors (Lipinski definition) is 6. The molecule has 0 saturated carbocycles. The summed E-state index contributed by atoms with van der Waals surface area (Å²) in [6.07, 6.45) is 5.15. The van der Waals surface area contributed by atoms with Crippen molar-refractivity contribution in [3.05, 3.63) is 48.0 Å². The summed E-state index contributed by atoms with van der Waals surface area (Å²) in [4.78, 5) is 37.6. The van der Waals surface area contributed by atoms with Gasteiger partial charge in [-0.05, 0) is 30.7 Å². The molecule has 2 rings (SSSR count). The molecule has 0 N–H and O–H groups in total. The van der Waals surface area contributed by atoms with Crippen molar-refractivity contribution in [2.75, 3.05) is 13.7 Å². The van der Waals surface area contributed by atoms with Crippen molar-refractivity contribution in [1.29, 1.82) is 0 Å². The summed E-state index contributed by atoms with van der Waals surface area (Å²) in [5, 5.41) is 0. The summed E-state index contributed by atoms with van der Waals surface area (Å²) in [5.74, 6) is -0.764. The predicted molar refractivity (Wildman–Crippen MR) is 107 cm³/mol. The SMILES string of the molecule is COC(=O)[C@@H]1C=C[C@@H](C)[C@H](CCCCOC(C)=O)N1C(=O)OCc1ccccc1. The first-order valence-corrected chi connectivity index (χ1v) is 9.82. The van der Waals surface area contributed by atoms with E-state index in [1.807, 2.05) is 43.3 Å². The average molecular weight is 403 g/mol. The van der Waals surface area contributed by atoms with E-state index in [0.29, 0.717) is 19.4 Å². The number of amides is 1. The molecule has 1 amide bonds. The molecular formula is C22H29NO6. The molecule has 0 unspecified atom stereocenters. The lowest BCUT2D eigenvalue weighted by atomic mass is 9.89. The lowest BCUT2D eigenvalue weighted by Gasteiger charge is -2.40. The Kier molecular flexibility index (Phi) is 8.70. The highest BCUT2D eigenvalue weighted by Gasteiger charge is 2.40. The van der Waals surface area contributed by atoms with Crippen LogP contribution in [0.2, 0.25) is 0 Å². The fraction of sp³-hybridized carbons (Fsp3) is 0.500. The Hall–Kier alpha value is -2.83. The Balaban J connectivity index is 2.07. The highest BCUT2D eigenvalue weighted by Crippen LogP contribution is 2.28. The largest absolute Gasteiger partial charge is 0.467 e. The highest BCUT2D eigenvalue weighted by atomic mass is 16.6. The van der Waals surface area contributed by atoms with Crippen LogP contribution in [0, 0.1) is 5.92 Å². The Bertz CT molecular complexity index is 717. The summed E-state index contributed by atoms with van der Waals surface area (Å²) in [6.45, 7) is 3.84. The van der Waals surface area contributed by atoms with E-state index in [2.05, 4.69) is 0 Å². The van der Waals surface area contributed by atoms with E-state index in [9.17, 15) is 14.4 Å². The van der Waals surface area contributed by atoms with E-state index in [-0.39, 0.29) is 24.5 Å². The number of benzene rings is 1. The van der Waals surface area contributed by atoms with E-state index in [1.54, 1.807) is 6.08 Å². The highest BCUT2D eigenvalue weighted by molar-refractivity contribution is 5.84. The molecule has 7 heteroatoms. The number of unbranched alkanes of at least 4 members (excludes halogenated alkanes) is 1. The minimum Gasteiger partial charge on any atom is -0.467 e. The number of carbonyl (C=O) groups is 3. The fourth-order valence-electron chi connectivity index (χ4n) is 3.39. The van der Waals surface area contributed by atoms with E-state index >= 15 is 0 Å². The number of ether oxygens (including phenoxy) is 3. The number of hydrogen-bond donors (Lipinski definition) is 0. The molecule has 0 radical (unpaired) electrons. The molecule has 0 aromatic heterocycles. The molecule has 0 spiro atoms. The maximum Gasteiger partial charge on any atom is 0.411 e. The van der Waals surface area contributed by atoms with Crippen LogP contribution in [-0.2, 0) is 30.4 Å². The molecule has 29 heavy (non-hydrogen) atoms. The topological polar surface area (TPSA) is 82.1 Å². The first-order valence-electron chi connectivity index (χ1n) is 9.82. The van der Waals surface area contributed by atoms with Crippen LogP contribution < -0.4 is 0 Å². The van der Waals surface area contributed by atoms with Gasteiger partial charge in [0, 0.05) is 13.0 Å². The van der Waals surface area contributed by atoms with Crippen molar-refractivity contribution in [3.8, 4) is 0 Å². The summed E-state index contributed by atoms with van der Waals surface area (Å²) in [6, 6.07) is 8.34. The van der Waals surface area contributed by atoms with Crippen LogP contribution in [-0.4, -0.2) is 48.7 Å². The third-order valence-electron chi connectivity index (χ3n) is 4.92. The standard InChI is InChI=1S/C22H29NO6/c1-16-12-13-20(21(25)27-3)23(19(16)11-7-8-14-28-17(2)24)22(26)29-15-18-9-5-4-6-10-18/h4-6,9-10,12-13,16,19-20H,7-8,11,14-15H2,1-3H3/t16-,19+,20+/m1/s1. The second-order valence-electron chi connectivity index (χ2n) is 7.06. The lowest BCUT2D eigenvalue weighted by molar-refractivity contribution is -0.146. The van der Waals surface area contributed by atoms with Gasteiger partial charge in [0.25, 0.3) is 0 Å². The minimum atomic E-state index is -0.821. The molecule has 0 aliphatic carbocycles. The van der Waals surface area contributed by atoms with Crippen LogP contribution >= 0.6 is 0 Å². The molecular weight excluding hydrogens is 374 g/mol. The molecule has 0 saturated heterocycles. The second-order valence-corrected chi connectivity index (χ2v) is 7.06. The van der Waals surface area contributed by atoms with Gasteiger partial charge >= 0.3 is 18.0 Å². The molecule has 1 aromatic rings. The average Bonchev–Trinajstić information content (AvgIpc) is 2.72. The monoisotopic (exact) mass is 403 g/mol. The van der Waals surface area contributed by atoms with Gasteiger partial charge in [0.2, 0.25) is 0 Å². The van der Waals surface area contributed by atoms with Crippen molar-refractivity contribution in [2.24, 2.45) is 5.92 Å². The van der Waals surface area contributed by atoms with E-state index in [4.69, 9.17) is 14.2 Å². The molecule has 3 atom stereocenters. The third kappa shape index (κ3) is 6.62. The zero-order valence-corrected chi connectivity index (χ0v) is 17.2. The number of esters is 2. The molecule has 0 fully saturated rings. The van der Waals surface area contributed by atoms with E-state index < -0.39 is 18.1 Å². The third-order valence-corrected chi connectivity index (χ3v) is 4.92. The molecule has 1 heterocycles. The van der Waals surface area contributed by atoms with Crippen molar-refractivity contribution < 1.29 is 28.6 Å². The number of nitrogens with zero attached hydrogens (tertiary/aromatic N) is 1. The maximum absolute atomic E-state index is 12.9. The van der Waals surface area contributed by atoms with Gasteiger partial charge in [-0.15, -0.1) is 0 Å². The molecule has 1 aliphatic heterocycles. The van der Waals surface area contributed by atoms with Crippen molar-refractivity contribution >= 4 is 18.0 Å². The number of rotatable bonds is 8. The Morgan fingerprint density at radius 1 is 1.03 bits per heavy atom. The van der Waals surface area contributed by atoms with Gasteiger partial charge in [-0.3, -0.25) is 9.69 Å². The zero-order valence-electron chi connectivity index (χ0n) is 17.2. The molecule has 158 valence electrons. The summed E-state index contributed by atoms with van der Waals surface area (Å²) in [7, 11) is 1.30. The van der Waals surface area contributed by atoms with Crippen molar-refractivity contribution in [2.45, 2.75) is 51.8 Å². The number of carbonyl (C=O) groups excluding carboxylic acids is 3. The fourth-order valence-corrected chi connectivity index (χ4v) is 3.39. The van der Waals surface area contributed by atoms with Gasteiger partial charge in [0.05, 0.1) is 13.7 Å². The molecule has 7 nitrogen and oxygen atoms in total. The summed E-state index contributed by atoms with van der Waals surface area (Å²) < 4.78 is 15.4. The Labute approximate surface area is 171 Å². The van der Waals surface area contributed by atoms with Crippen LogP contribution in [0.4, 0.5) is 4.79 Å². The van der Waals surface area contributed by atoms with Gasteiger partial charge in [0.1, 0.15) is 6.61 Å². The van der Waals surface area contributed by atoms with Crippen molar-refractivity contribution in [3.63, 3.8) is 0 Å². The number of methoxy groups -OCH3 is 1. The van der Waals surface area contributed by atoms with E-state index in [1.165, 1.54) is 18.9 Å². The smallest absolute Gasteiger partial charge is 0.411 e. The van der Waals surface area contributed by atoms with Gasteiger partial charge in [0.15, 0.2) is 6.04 Å². The quantitative estimate of drug-likeness (QED) is 0.286. The van der Waals surface area contributed by atoms with Gasteiger partial charge in [-0.25, -0.2) is 9.59 Å². The summed E-state index contributed by atoms with van der Waals surface area (Å²) >= 11 is 0. The first kappa shape index (κ1) is 22.5. The maximum atomic E-state index is 12.9.